The molecule has 0 aliphatic rings. The molecule has 0 radical (unpaired) electrons. The monoisotopic (exact) mass is 435 g/mol. The van der Waals surface area contributed by atoms with E-state index in [0.717, 1.165) is 12.8 Å². The average molecular weight is 436 g/mol. The molecule has 2 N–H and O–H groups in total. The van der Waals surface area contributed by atoms with E-state index in [4.69, 9.17) is 14.7 Å². The number of sulfone groups is 1. The van der Waals surface area contributed by atoms with E-state index in [0.29, 0.717) is 17.9 Å². The Morgan fingerprint density at radius 1 is 1.03 bits per heavy atom. The van der Waals surface area contributed by atoms with Crippen LogP contribution in [0.4, 0.5) is 0 Å². The molecule has 7 nitrogen and oxygen atoms in total. The lowest BCUT2D eigenvalue weighted by atomic mass is 10.00. The molecule has 0 heterocycles. The highest BCUT2D eigenvalue weighted by atomic mass is 32.2. The van der Waals surface area contributed by atoms with Crippen LogP contribution in [-0.2, 0) is 21.1 Å². The fourth-order valence-electron chi connectivity index (χ4n) is 3.43. The number of ether oxygens (including phenoxy) is 2. The van der Waals surface area contributed by atoms with E-state index in [1.807, 2.05) is 30.3 Å². The number of methoxy groups -OCH3 is 2. The topological polar surface area (TPSA) is 102 Å². The maximum atomic E-state index is 13.4. The molecule has 2 aromatic rings. The molecule has 0 fully saturated rings. The minimum absolute atomic E-state index is 0.0470. The maximum Gasteiger partial charge on any atom is 0.247 e. The second-order valence-corrected chi connectivity index (χ2v) is 9.26. The van der Waals surface area contributed by atoms with Crippen molar-refractivity contribution in [2.45, 2.75) is 42.8 Å². The molecule has 2 aromatic carbocycles. The lowest BCUT2D eigenvalue weighted by Gasteiger charge is -2.23. The Morgan fingerprint density at radius 3 is 2.30 bits per heavy atom. The minimum atomic E-state index is -3.87. The van der Waals surface area contributed by atoms with Gasteiger partial charge in [0.05, 0.1) is 30.3 Å². The van der Waals surface area contributed by atoms with Gasteiger partial charge in [-0.25, -0.2) is 13.9 Å². The largest absolute Gasteiger partial charge is 0.493 e. The third-order valence-corrected chi connectivity index (χ3v) is 7.56. The van der Waals surface area contributed by atoms with E-state index < -0.39 is 26.9 Å². The van der Waals surface area contributed by atoms with Crippen molar-refractivity contribution in [2.24, 2.45) is 5.92 Å². The standard InChI is InChI=1S/C22H29NO6S/c1-16(22(24)23-25)21(12-8-7-11-17-9-5-4-6-10-17)30(26,27)18-13-14-19(28-2)20(15-18)29-3/h4-6,9-10,13-16,21,25H,7-8,11-12H2,1-3H3,(H,23,24)/t16-,21+/m0/s1. The first-order valence-electron chi connectivity index (χ1n) is 9.79. The van der Waals surface area contributed by atoms with E-state index in [1.165, 1.54) is 44.9 Å². The molecule has 8 heteroatoms. The molecule has 2 atom stereocenters. The summed E-state index contributed by atoms with van der Waals surface area (Å²) in [5, 5.41) is 8.04. The van der Waals surface area contributed by atoms with Crippen molar-refractivity contribution in [2.75, 3.05) is 14.2 Å². The lowest BCUT2D eigenvalue weighted by Crippen LogP contribution is -2.38. The normalized spacial score (nSPS) is 13.3. The fraction of sp³-hybridized carbons (Fsp3) is 0.409. The minimum Gasteiger partial charge on any atom is -0.493 e. The number of carbonyl (C=O) groups is 1. The molecule has 164 valence electrons. The molecule has 2 rings (SSSR count). The number of hydrogen-bond donors (Lipinski definition) is 2. The summed E-state index contributed by atoms with van der Waals surface area (Å²) in [6.45, 7) is 1.51. The Hall–Kier alpha value is -2.58. The summed E-state index contributed by atoms with van der Waals surface area (Å²) in [6.07, 6.45) is 2.52. The summed E-state index contributed by atoms with van der Waals surface area (Å²) in [6, 6.07) is 14.3. The molecule has 0 saturated carbocycles. The second-order valence-electron chi connectivity index (χ2n) is 7.10. The van der Waals surface area contributed by atoms with E-state index in [2.05, 4.69) is 0 Å². The van der Waals surface area contributed by atoms with Crippen LogP contribution in [0, 0.1) is 5.92 Å². The molecule has 1 amide bonds. The molecule has 30 heavy (non-hydrogen) atoms. The van der Waals surface area contributed by atoms with E-state index >= 15 is 0 Å². The van der Waals surface area contributed by atoms with E-state index in [-0.39, 0.29) is 11.3 Å². The van der Waals surface area contributed by atoms with Crippen LogP contribution in [0.2, 0.25) is 0 Å². The Balaban J connectivity index is 2.23. The van der Waals surface area contributed by atoms with Gasteiger partial charge in [-0.2, -0.15) is 0 Å². The SMILES string of the molecule is COc1ccc(S(=O)(=O)[C@H](CCCCc2ccccc2)[C@H](C)C(=O)NO)cc1OC. The summed E-state index contributed by atoms with van der Waals surface area (Å²) >= 11 is 0. The van der Waals surface area contributed by atoms with Gasteiger partial charge in [0.15, 0.2) is 21.3 Å². The fourth-order valence-corrected chi connectivity index (χ4v) is 5.45. The third kappa shape index (κ3) is 5.73. The number of benzene rings is 2. The van der Waals surface area contributed by atoms with E-state index in [1.54, 1.807) is 5.48 Å². The summed E-state index contributed by atoms with van der Waals surface area (Å²) in [5.74, 6) is -0.949. The molecule has 0 aromatic heterocycles. The molecule has 0 saturated heterocycles. The molecule has 0 aliphatic carbocycles. The predicted molar refractivity (Wildman–Crippen MR) is 114 cm³/mol. The Kier molecular flexibility index (Phi) is 8.68. The van der Waals surface area contributed by atoms with Crippen LogP contribution >= 0.6 is 0 Å². The van der Waals surface area contributed by atoms with Crippen LogP contribution in [0.25, 0.3) is 0 Å². The number of amides is 1. The number of aryl methyl sites for hydroxylation is 1. The van der Waals surface area contributed by atoms with E-state index in [9.17, 15) is 13.2 Å². The molecule has 0 spiro atoms. The van der Waals surface area contributed by atoms with Gasteiger partial charge >= 0.3 is 0 Å². The second kappa shape index (κ2) is 11.0. The summed E-state index contributed by atoms with van der Waals surface area (Å²) < 4.78 is 37.1. The number of hydrogen-bond acceptors (Lipinski definition) is 6. The van der Waals surface area contributed by atoms with Gasteiger partial charge in [-0.15, -0.1) is 0 Å². The van der Waals surface area contributed by atoms with Crippen LogP contribution in [0.15, 0.2) is 53.4 Å². The van der Waals surface area contributed by atoms with Gasteiger partial charge in [0, 0.05) is 6.07 Å². The van der Waals surface area contributed by atoms with Crippen molar-refractivity contribution >= 4 is 15.7 Å². The molecule has 0 bridgehead atoms. The number of carbonyl (C=O) groups excluding carboxylic acids is 1. The first-order chi connectivity index (χ1) is 14.3. The highest BCUT2D eigenvalue weighted by Crippen LogP contribution is 2.33. The van der Waals surface area contributed by atoms with Crippen LogP contribution in [0.3, 0.4) is 0 Å². The van der Waals surface area contributed by atoms with Crippen molar-refractivity contribution in [3.63, 3.8) is 0 Å². The molecular formula is C22H29NO6S. The van der Waals surface area contributed by atoms with Gasteiger partial charge in [-0.3, -0.25) is 10.0 Å². The van der Waals surface area contributed by atoms with Gasteiger partial charge in [0.2, 0.25) is 5.91 Å². The number of hydroxylamine groups is 1. The maximum absolute atomic E-state index is 13.4. The number of rotatable bonds is 11. The zero-order valence-electron chi connectivity index (χ0n) is 17.5. The van der Waals surface area contributed by atoms with Crippen LogP contribution in [0.1, 0.15) is 31.7 Å². The number of unbranched alkanes of at least 4 members (excludes halogenated alkanes) is 1. The Labute approximate surface area is 177 Å². The van der Waals surface area contributed by atoms with Gasteiger partial charge < -0.3 is 9.47 Å². The highest BCUT2D eigenvalue weighted by molar-refractivity contribution is 7.92. The zero-order chi connectivity index (χ0) is 22.1. The quantitative estimate of drug-likeness (QED) is 0.319. The van der Waals surface area contributed by atoms with Crippen molar-refractivity contribution < 1.29 is 27.9 Å². The smallest absolute Gasteiger partial charge is 0.247 e. The van der Waals surface area contributed by atoms with Crippen molar-refractivity contribution in [1.29, 1.82) is 0 Å². The van der Waals surface area contributed by atoms with Crippen molar-refractivity contribution in [3.05, 3.63) is 54.1 Å². The predicted octanol–water partition coefficient (Wildman–Crippen LogP) is 3.40. The Morgan fingerprint density at radius 2 is 1.70 bits per heavy atom. The first kappa shape index (κ1) is 23.7. The summed E-state index contributed by atoms with van der Waals surface area (Å²) in [5.41, 5.74) is 2.76. The van der Waals surface area contributed by atoms with Gasteiger partial charge in [-0.1, -0.05) is 43.7 Å². The summed E-state index contributed by atoms with van der Waals surface area (Å²) in [7, 11) is -0.970. The van der Waals surface area contributed by atoms with Crippen molar-refractivity contribution in [1.82, 2.24) is 5.48 Å². The van der Waals surface area contributed by atoms with Crippen LogP contribution in [-0.4, -0.2) is 39.0 Å². The molecular weight excluding hydrogens is 406 g/mol. The van der Waals surface area contributed by atoms with Crippen LogP contribution < -0.4 is 15.0 Å². The van der Waals surface area contributed by atoms with Crippen molar-refractivity contribution in [3.8, 4) is 11.5 Å². The average Bonchev–Trinajstić information content (AvgIpc) is 2.77. The first-order valence-corrected chi connectivity index (χ1v) is 11.3. The van der Waals surface area contributed by atoms with Gasteiger partial charge in [0.25, 0.3) is 0 Å². The third-order valence-electron chi connectivity index (χ3n) is 5.21. The number of nitrogens with one attached hydrogen (secondary N) is 1. The zero-order valence-corrected chi connectivity index (χ0v) is 18.3. The molecule has 0 unspecified atom stereocenters. The molecule has 0 aliphatic heterocycles. The van der Waals surface area contributed by atoms with Crippen LogP contribution in [0.5, 0.6) is 11.5 Å². The van der Waals surface area contributed by atoms with Gasteiger partial charge in [-0.05, 0) is 37.0 Å². The Bertz CT molecular complexity index is 930. The highest BCUT2D eigenvalue weighted by Gasteiger charge is 2.36. The van der Waals surface area contributed by atoms with Gasteiger partial charge in [0.1, 0.15) is 0 Å². The lowest BCUT2D eigenvalue weighted by molar-refractivity contribution is -0.132. The summed E-state index contributed by atoms with van der Waals surface area (Å²) in [4.78, 5) is 12.1.